The van der Waals surface area contributed by atoms with E-state index >= 15 is 0 Å². The summed E-state index contributed by atoms with van der Waals surface area (Å²) in [6.07, 6.45) is 4.81. The molecule has 0 spiro atoms. The van der Waals surface area contributed by atoms with Gasteiger partial charge in [-0.3, -0.25) is 9.20 Å². The third kappa shape index (κ3) is 2.77. The van der Waals surface area contributed by atoms with Crippen LogP contribution in [0.4, 0.5) is 0 Å². The third-order valence-corrected chi connectivity index (χ3v) is 6.25. The number of carbonyl (C=O) groups is 1. The molecule has 0 saturated heterocycles. The first kappa shape index (κ1) is 14.8. The molecular weight excluding hydrogens is 326 g/mol. The molecule has 1 atom stereocenters. The molecule has 0 fully saturated rings. The average Bonchev–Trinajstić information content (AvgIpc) is 3.20. The smallest absolute Gasteiger partial charge is 0.236 e. The quantitative estimate of drug-likeness (QED) is 0.684. The molecular formula is C17H17N3OS2. The molecule has 118 valence electrons. The van der Waals surface area contributed by atoms with Crippen LogP contribution in [0.1, 0.15) is 17.4 Å². The summed E-state index contributed by atoms with van der Waals surface area (Å²) in [5.41, 5.74) is 2.36. The Morgan fingerprint density at radius 3 is 3.22 bits per heavy atom. The van der Waals surface area contributed by atoms with Crippen molar-refractivity contribution in [2.24, 2.45) is 0 Å². The summed E-state index contributed by atoms with van der Waals surface area (Å²) >= 11 is 3.32. The Labute approximate surface area is 143 Å². The Kier molecular flexibility index (Phi) is 3.87. The summed E-state index contributed by atoms with van der Waals surface area (Å²) in [5, 5.41) is 2.85. The van der Waals surface area contributed by atoms with E-state index in [-0.39, 0.29) is 11.2 Å². The minimum atomic E-state index is -0.138. The van der Waals surface area contributed by atoms with Gasteiger partial charge in [-0.25, -0.2) is 4.98 Å². The van der Waals surface area contributed by atoms with Gasteiger partial charge in [0.25, 0.3) is 0 Å². The number of rotatable bonds is 3. The summed E-state index contributed by atoms with van der Waals surface area (Å²) in [5.74, 6) is 0.194. The second-order valence-corrected chi connectivity index (χ2v) is 7.98. The van der Waals surface area contributed by atoms with Gasteiger partial charge in [0.05, 0.1) is 17.0 Å². The summed E-state index contributed by atoms with van der Waals surface area (Å²) in [6.45, 7) is 3.53. The number of thioether (sulfide) groups is 1. The minimum Gasteiger partial charge on any atom is -0.337 e. The highest BCUT2D eigenvalue weighted by Crippen LogP contribution is 2.28. The van der Waals surface area contributed by atoms with E-state index in [0.717, 1.165) is 30.2 Å². The fourth-order valence-corrected chi connectivity index (χ4v) is 4.76. The Morgan fingerprint density at radius 2 is 2.30 bits per heavy atom. The Balaban J connectivity index is 1.49. The Bertz CT molecular complexity index is 854. The maximum absolute atomic E-state index is 12.8. The van der Waals surface area contributed by atoms with Crippen LogP contribution < -0.4 is 0 Å². The zero-order valence-corrected chi connectivity index (χ0v) is 14.4. The van der Waals surface area contributed by atoms with E-state index in [4.69, 9.17) is 0 Å². The SMILES string of the molecule is C[C@@H](Sc1ncc2ccccn12)C(=O)N1CCc2sccc2C1. The zero-order valence-electron chi connectivity index (χ0n) is 12.8. The van der Waals surface area contributed by atoms with Crippen LogP contribution in [0, 0.1) is 0 Å². The maximum atomic E-state index is 12.8. The number of imidazole rings is 1. The van der Waals surface area contributed by atoms with Crippen LogP contribution in [-0.2, 0) is 17.8 Å². The number of pyridine rings is 1. The third-order valence-electron chi connectivity index (χ3n) is 4.15. The van der Waals surface area contributed by atoms with Crippen molar-refractivity contribution in [2.45, 2.75) is 30.3 Å². The number of nitrogens with zero attached hydrogens (tertiary/aromatic N) is 3. The molecule has 0 aromatic carbocycles. The number of amides is 1. The van der Waals surface area contributed by atoms with Gasteiger partial charge in [-0.05, 0) is 42.5 Å². The predicted octanol–water partition coefficient (Wildman–Crippen LogP) is 3.46. The van der Waals surface area contributed by atoms with E-state index in [0.29, 0.717) is 0 Å². The Morgan fingerprint density at radius 1 is 1.39 bits per heavy atom. The first-order valence-electron chi connectivity index (χ1n) is 7.65. The van der Waals surface area contributed by atoms with Gasteiger partial charge in [0.1, 0.15) is 0 Å². The lowest BCUT2D eigenvalue weighted by atomic mass is 10.1. The number of hydrogen-bond acceptors (Lipinski definition) is 4. The molecule has 0 N–H and O–H groups in total. The Hall–Kier alpha value is -1.79. The summed E-state index contributed by atoms with van der Waals surface area (Å²) in [6, 6.07) is 8.13. The van der Waals surface area contributed by atoms with Crippen molar-refractivity contribution in [1.29, 1.82) is 0 Å². The lowest BCUT2D eigenvalue weighted by Gasteiger charge is -2.29. The van der Waals surface area contributed by atoms with Gasteiger partial charge in [-0.2, -0.15) is 0 Å². The molecule has 0 saturated carbocycles. The molecule has 4 heterocycles. The van der Waals surface area contributed by atoms with E-state index in [1.807, 2.05) is 46.8 Å². The number of aromatic nitrogens is 2. The van der Waals surface area contributed by atoms with Crippen molar-refractivity contribution in [3.8, 4) is 0 Å². The van der Waals surface area contributed by atoms with Crippen LogP contribution >= 0.6 is 23.1 Å². The molecule has 0 unspecified atom stereocenters. The minimum absolute atomic E-state index is 0.138. The van der Waals surface area contributed by atoms with Crippen molar-refractivity contribution in [1.82, 2.24) is 14.3 Å². The van der Waals surface area contributed by atoms with Crippen molar-refractivity contribution >= 4 is 34.5 Å². The summed E-state index contributed by atoms with van der Waals surface area (Å²) in [4.78, 5) is 20.6. The largest absolute Gasteiger partial charge is 0.337 e. The van der Waals surface area contributed by atoms with Crippen molar-refractivity contribution in [3.63, 3.8) is 0 Å². The van der Waals surface area contributed by atoms with Crippen LogP contribution in [-0.4, -0.2) is 32.0 Å². The number of carbonyl (C=O) groups excluding carboxylic acids is 1. The molecule has 0 bridgehead atoms. The van der Waals surface area contributed by atoms with Gasteiger partial charge in [0.2, 0.25) is 5.91 Å². The van der Waals surface area contributed by atoms with E-state index in [1.165, 1.54) is 22.2 Å². The first-order valence-corrected chi connectivity index (χ1v) is 9.41. The maximum Gasteiger partial charge on any atom is 0.236 e. The van der Waals surface area contributed by atoms with Crippen LogP contribution in [0.15, 0.2) is 47.2 Å². The number of thiophene rings is 1. The van der Waals surface area contributed by atoms with Gasteiger partial charge >= 0.3 is 0 Å². The van der Waals surface area contributed by atoms with E-state index in [1.54, 1.807) is 11.3 Å². The summed E-state index contributed by atoms with van der Waals surface area (Å²) < 4.78 is 2.03. The van der Waals surface area contributed by atoms with Gasteiger partial charge < -0.3 is 4.90 Å². The highest BCUT2D eigenvalue weighted by atomic mass is 32.2. The second kappa shape index (κ2) is 6.02. The van der Waals surface area contributed by atoms with Crippen LogP contribution in [0.25, 0.3) is 5.52 Å². The first-order chi connectivity index (χ1) is 11.2. The van der Waals surface area contributed by atoms with Crippen LogP contribution in [0.2, 0.25) is 0 Å². The average molecular weight is 343 g/mol. The van der Waals surface area contributed by atoms with Crippen LogP contribution in [0.5, 0.6) is 0 Å². The lowest BCUT2D eigenvalue weighted by Crippen LogP contribution is -2.39. The van der Waals surface area contributed by atoms with E-state index < -0.39 is 0 Å². The fraction of sp³-hybridized carbons (Fsp3) is 0.294. The standard InChI is InChI=1S/C17H17N3OS2/c1-12(23-17-18-10-14-4-2-3-7-20(14)17)16(21)19-8-5-15-13(11-19)6-9-22-15/h2-4,6-7,9-10,12H,5,8,11H2,1H3/t12-/m1/s1. The van der Waals surface area contributed by atoms with Gasteiger partial charge in [0, 0.05) is 24.2 Å². The van der Waals surface area contributed by atoms with Gasteiger partial charge in [-0.1, -0.05) is 17.8 Å². The van der Waals surface area contributed by atoms with Crippen LogP contribution in [0.3, 0.4) is 0 Å². The number of fused-ring (bicyclic) bond motifs is 2. The molecule has 1 aliphatic rings. The molecule has 0 radical (unpaired) electrons. The zero-order chi connectivity index (χ0) is 15.8. The highest BCUT2D eigenvalue weighted by Gasteiger charge is 2.26. The molecule has 3 aromatic heterocycles. The van der Waals surface area contributed by atoms with E-state index in [2.05, 4.69) is 16.4 Å². The molecule has 1 aliphatic heterocycles. The normalized spacial score (nSPS) is 15.6. The second-order valence-electron chi connectivity index (χ2n) is 5.68. The topological polar surface area (TPSA) is 37.6 Å². The molecule has 6 heteroatoms. The molecule has 3 aromatic rings. The van der Waals surface area contributed by atoms with Gasteiger partial charge in [-0.15, -0.1) is 11.3 Å². The molecule has 1 amide bonds. The predicted molar refractivity (Wildman–Crippen MR) is 94.0 cm³/mol. The molecule has 4 rings (SSSR count). The van der Waals surface area contributed by atoms with Crippen molar-refractivity contribution in [3.05, 3.63) is 52.5 Å². The fourth-order valence-electron chi connectivity index (χ4n) is 2.91. The molecule has 0 aliphatic carbocycles. The van der Waals surface area contributed by atoms with E-state index in [9.17, 15) is 4.79 Å². The van der Waals surface area contributed by atoms with Gasteiger partial charge in [0.15, 0.2) is 5.16 Å². The van der Waals surface area contributed by atoms with Crippen molar-refractivity contribution < 1.29 is 4.79 Å². The highest BCUT2D eigenvalue weighted by molar-refractivity contribution is 8.00. The van der Waals surface area contributed by atoms with Crippen molar-refractivity contribution in [2.75, 3.05) is 6.54 Å². The number of hydrogen-bond donors (Lipinski definition) is 0. The summed E-state index contributed by atoms with van der Waals surface area (Å²) in [7, 11) is 0. The molecule has 23 heavy (non-hydrogen) atoms. The monoisotopic (exact) mass is 343 g/mol. The molecule has 4 nitrogen and oxygen atoms in total. The lowest BCUT2D eigenvalue weighted by molar-refractivity contribution is -0.131.